The van der Waals surface area contributed by atoms with Crippen molar-refractivity contribution in [1.82, 2.24) is 14.9 Å². The van der Waals surface area contributed by atoms with Gasteiger partial charge in [0.05, 0.1) is 12.4 Å². The van der Waals surface area contributed by atoms with Crippen LogP contribution in [0.5, 0.6) is 0 Å². The summed E-state index contributed by atoms with van der Waals surface area (Å²) < 4.78 is 6.48. The molecule has 1 heterocycles. The highest BCUT2D eigenvalue weighted by Crippen LogP contribution is 1.97. The highest BCUT2D eigenvalue weighted by Gasteiger charge is 2.12. The zero-order valence-corrected chi connectivity index (χ0v) is 11.4. The van der Waals surface area contributed by atoms with E-state index in [1.807, 2.05) is 0 Å². The van der Waals surface area contributed by atoms with Crippen molar-refractivity contribution in [3.05, 3.63) is 18.2 Å². The van der Waals surface area contributed by atoms with Crippen LogP contribution in [0.2, 0.25) is 0 Å². The zero-order valence-electron chi connectivity index (χ0n) is 11.4. The van der Waals surface area contributed by atoms with Crippen molar-refractivity contribution >= 4 is 11.9 Å². The van der Waals surface area contributed by atoms with Crippen molar-refractivity contribution in [3.8, 4) is 0 Å². The lowest BCUT2D eigenvalue weighted by Gasteiger charge is -2.12. The second kappa shape index (κ2) is 8.28. The molecule has 8 heteroatoms. The Labute approximate surface area is 116 Å². The molecule has 0 bridgehead atoms. The first-order valence-electron chi connectivity index (χ1n) is 6.32. The summed E-state index contributed by atoms with van der Waals surface area (Å²) in [7, 11) is 1.60. The average Bonchev–Trinajstić information content (AvgIpc) is 2.87. The minimum Gasteiger partial charge on any atom is -0.476 e. The number of hydrogen-bond acceptors (Lipinski definition) is 5. The van der Waals surface area contributed by atoms with E-state index in [2.05, 4.69) is 10.3 Å². The van der Waals surface area contributed by atoms with Crippen LogP contribution in [0.1, 0.15) is 23.3 Å². The second-order valence-corrected chi connectivity index (χ2v) is 4.33. The van der Waals surface area contributed by atoms with Gasteiger partial charge in [0.25, 0.3) is 0 Å². The van der Waals surface area contributed by atoms with Crippen molar-refractivity contribution in [3.63, 3.8) is 0 Å². The second-order valence-electron chi connectivity index (χ2n) is 4.33. The number of rotatable bonds is 9. The third-order valence-corrected chi connectivity index (χ3v) is 2.72. The number of carboxylic acid groups (broad SMARTS) is 1. The number of aromatic nitrogens is 2. The molecule has 20 heavy (non-hydrogen) atoms. The first-order valence-corrected chi connectivity index (χ1v) is 6.32. The number of aromatic carboxylic acids is 1. The normalized spacial score (nSPS) is 12.1. The summed E-state index contributed by atoms with van der Waals surface area (Å²) in [5.41, 5.74) is 5.70. The largest absolute Gasteiger partial charge is 0.476 e. The van der Waals surface area contributed by atoms with Gasteiger partial charge in [-0.25, -0.2) is 9.78 Å². The maximum Gasteiger partial charge on any atom is 0.356 e. The highest BCUT2D eigenvalue weighted by atomic mass is 16.5. The monoisotopic (exact) mass is 284 g/mol. The van der Waals surface area contributed by atoms with Gasteiger partial charge in [0, 0.05) is 33.0 Å². The van der Waals surface area contributed by atoms with Crippen molar-refractivity contribution in [2.24, 2.45) is 5.73 Å². The van der Waals surface area contributed by atoms with E-state index >= 15 is 0 Å². The fraction of sp³-hybridized carbons (Fsp3) is 0.583. The van der Waals surface area contributed by atoms with Gasteiger partial charge in [-0.2, -0.15) is 0 Å². The van der Waals surface area contributed by atoms with Gasteiger partial charge in [-0.1, -0.05) is 0 Å². The molecule has 112 valence electrons. The smallest absolute Gasteiger partial charge is 0.356 e. The molecule has 0 spiro atoms. The van der Waals surface area contributed by atoms with Crippen LogP contribution in [0.25, 0.3) is 0 Å². The lowest BCUT2D eigenvalue weighted by molar-refractivity contribution is -0.122. The molecule has 0 saturated heterocycles. The van der Waals surface area contributed by atoms with Crippen molar-refractivity contribution in [2.75, 3.05) is 20.3 Å². The number of nitrogens with one attached hydrogen (secondary N) is 1. The van der Waals surface area contributed by atoms with Crippen LogP contribution in [0, 0.1) is 0 Å². The number of imidazole rings is 1. The van der Waals surface area contributed by atoms with Gasteiger partial charge in [-0.05, 0) is 12.8 Å². The topological polar surface area (TPSA) is 119 Å². The van der Waals surface area contributed by atoms with Crippen molar-refractivity contribution in [1.29, 1.82) is 0 Å². The van der Waals surface area contributed by atoms with Gasteiger partial charge in [-0.15, -0.1) is 0 Å². The number of nitrogens with zero attached hydrogens (tertiary/aromatic N) is 2. The van der Waals surface area contributed by atoms with E-state index in [4.69, 9.17) is 15.6 Å². The number of amides is 1. The lowest BCUT2D eigenvalue weighted by Crippen LogP contribution is -2.41. The van der Waals surface area contributed by atoms with Crippen LogP contribution in [-0.2, 0) is 16.1 Å². The molecule has 8 nitrogen and oxygen atoms in total. The molecule has 0 aromatic carbocycles. The first kappa shape index (κ1) is 16.1. The Balaban J connectivity index is 2.25. The fourth-order valence-electron chi connectivity index (χ4n) is 1.61. The average molecular weight is 284 g/mol. The predicted molar refractivity (Wildman–Crippen MR) is 71.3 cm³/mol. The van der Waals surface area contributed by atoms with E-state index in [0.717, 1.165) is 6.42 Å². The van der Waals surface area contributed by atoms with Gasteiger partial charge in [0.2, 0.25) is 5.91 Å². The molecule has 1 aromatic heterocycles. The van der Waals surface area contributed by atoms with Crippen LogP contribution in [0.3, 0.4) is 0 Å². The molecule has 0 aliphatic carbocycles. The minimum atomic E-state index is -1.08. The van der Waals surface area contributed by atoms with Gasteiger partial charge in [0.15, 0.2) is 5.69 Å². The summed E-state index contributed by atoms with van der Waals surface area (Å²) in [5.74, 6) is -1.30. The van der Waals surface area contributed by atoms with Gasteiger partial charge in [-0.3, -0.25) is 4.79 Å². The minimum absolute atomic E-state index is 0.0207. The number of carbonyl (C=O) groups excluding carboxylic acids is 1. The summed E-state index contributed by atoms with van der Waals surface area (Å²) in [5, 5.41) is 11.4. The number of nitrogens with two attached hydrogens (primary N) is 1. The maximum atomic E-state index is 11.6. The number of hydrogen-bond donors (Lipinski definition) is 3. The summed E-state index contributed by atoms with van der Waals surface area (Å²) in [4.78, 5) is 26.0. The number of methoxy groups -OCH3 is 1. The van der Waals surface area contributed by atoms with Crippen LogP contribution in [-0.4, -0.2) is 52.8 Å². The molecule has 1 unspecified atom stereocenters. The lowest BCUT2D eigenvalue weighted by atomic mass is 10.1. The number of carboxylic acids is 1. The Morgan fingerprint density at radius 1 is 1.60 bits per heavy atom. The molecular weight excluding hydrogens is 264 g/mol. The number of ether oxygens (including phenoxy) is 1. The van der Waals surface area contributed by atoms with Gasteiger partial charge in [0.1, 0.15) is 0 Å². The molecule has 1 aromatic rings. The fourth-order valence-corrected chi connectivity index (χ4v) is 1.61. The third kappa shape index (κ3) is 5.37. The first-order chi connectivity index (χ1) is 9.54. The Hall–Kier alpha value is -1.93. The summed E-state index contributed by atoms with van der Waals surface area (Å²) in [6, 6.07) is -0.553. The molecule has 0 radical (unpaired) electrons. The van der Waals surface area contributed by atoms with Crippen molar-refractivity contribution in [2.45, 2.75) is 25.4 Å². The van der Waals surface area contributed by atoms with E-state index in [-0.39, 0.29) is 11.6 Å². The molecule has 1 atom stereocenters. The van der Waals surface area contributed by atoms with E-state index in [0.29, 0.717) is 26.1 Å². The van der Waals surface area contributed by atoms with E-state index < -0.39 is 12.0 Å². The molecule has 1 rings (SSSR count). The Kier molecular flexibility index (Phi) is 6.68. The standard InChI is InChI=1S/C12H20N4O4/c1-20-6-2-3-9(13)11(17)14-4-5-16-7-10(12(18)19)15-8-16/h7-9H,2-6,13H2,1H3,(H,14,17)(H,18,19). The molecule has 1 amide bonds. The Bertz CT molecular complexity index is 446. The SMILES string of the molecule is COCCCC(N)C(=O)NCCn1cnc(C(=O)O)c1. The zero-order chi connectivity index (χ0) is 15.0. The summed E-state index contributed by atoms with van der Waals surface area (Å²) in [6.45, 7) is 1.39. The van der Waals surface area contributed by atoms with Crippen LogP contribution < -0.4 is 11.1 Å². The molecular formula is C12H20N4O4. The van der Waals surface area contributed by atoms with E-state index in [1.165, 1.54) is 12.5 Å². The summed E-state index contributed by atoms with van der Waals surface area (Å²) in [6.07, 6.45) is 4.11. The number of carbonyl (C=O) groups is 2. The predicted octanol–water partition coefficient (Wildman–Crippen LogP) is -0.549. The van der Waals surface area contributed by atoms with Gasteiger partial charge < -0.3 is 25.5 Å². The molecule has 4 N–H and O–H groups in total. The summed E-state index contributed by atoms with van der Waals surface area (Å²) >= 11 is 0. The third-order valence-electron chi connectivity index (χ3n) is 2.72. The van der Waals surface area contributed by atoms with Crippen LogP contribution in [0.4, 0.5) is 0 Å². The quantitative estimate of drug-likeness (QED) is 0.523. The molecule has 0 aliphatic heterocycles. The molecule has 0 saturated carbocycles. The Morgan fingerprint density at radius 2 is 2.35 bits per heavy atom. The van der Waals surface area contributed by atoms with Crippen LogP contribution >= 0.6 is 0 Å². The molecule has 0 aliphatic rings. The van der Waals surface area contributed by atoms with Gasteiger partial charge >= 0.3 is 5.97 Å². The Morgan fingerprint density at radius 3 is 2.95 bits per heavy atom. The van der Waals surface area contributed by atoms with Crippen molar-refractivity contribution < 1.29 is 19.4 Å². The van der Waals surface area contributed by atoms with E-state index in [9.17, 15) is 9.59 Å². The van der Waals surface area contributed by atoms with E-state index in [1.54, 1.807) is 11.7 Å². The molecule has 0 fully saturated rings. The highest BCUT2D eigenvalue weighted by molar-refractivity contribution is 5.84. The van der Waals surface area contributed by atoms with Crippen LogP contribution in [0.15, 0.2) is 12.5 Å². The maximum absolute atomic E-state index is 11.6.